The highest BCUT2D eigenvalue weighted by atomic mass is 32.2. The smallest absolute Gasteiger partial charge is 0.307 e. The maximum absolute atomic E-state index is 12.1. The molecule has 1 atom stereocenters. The minimum Gasteiger partial charge on any atom is -0.481 e. The topological polar surface area (TPSA) is 99.6 Å². The molecule has 2 N–H and O–H groups in total. The van der Waals surface area contributed by atoms with E-state index in [2.05, 4.69) is 9.71 Å². The molecule has 1 aliphatic heterocycles. The van der Waals surface area contributed by atoms with Crippen molar-refractivity contribution < 1.29 is 18.3 Å². The van der Waals surface area contributed by atoms with Gasteiger partial charge in [-0.15, -0.1) is 11.3 Å². The Kier molecular flexibility index (Phi) is 4.74. The van der Waals surface area contributed by atoms with Crippen LogP contribution in [0.5, 0.6) is 0 Å². The average Bonchev–Trinajstić information content (AvgIpc) is 2.82. The molecular formula is C11H17N3O4S2. The highest BCUT2D eigenvalue weighted by Gasteiger charge is 2.32. The summed E-state index contributed by atoms with van der Waals surface area (Å²) in [6.45, 7) is 2.36. The number of rotatable bonds is 5. The standard InChI is InChI=1S/C11H17N3O4S2/c1-8-7-19-10(13-8)5-12-20(17,18)14-4-2-3-9(6-14)11(15)16/h7,9,12H,2-6H2,1H3,(H,15,16). The lowest BCUT2D eigenvalue weighted by Gasteiger charge is -2.29. The molecule has 0 aromatic carbocycles. The Balaban J connectivity index is 1.97. The Morgan fingerprint density at radius 1 is 1.65 bits per heavy atom. The summed E-state index contributed by atoms with van der Waals surface area (Å²) in [7, 11) is -3.65. The highest BCUT2D eigenvalue weighted by molar-refractivity contribution is 7.87. The third kappa shape index (κ3) is 3.75. The number of nitrogens with one attached hydrogen (secondary N) is 1. The van der Waals surface area contributed by atoms with Crippen molar-refractivity contribution in [1.82, 2.24) is 14.0 Å². The minimum atomic E-state index is -3.65. The third-order valence-electron chi connectivity index (χ3n) is 3.15. The van der Waals surface area contributed by atoms with Crippen molar-refractivity contribution in [1.29, 1.82) is 0 Å². The van der Waals surface area contributed by atoms with Gasteiger partial charge in [0.15, 0.2) is 0 Å². The number of carbonyl (C=O) groups is 1. The van der Waals surface area contributed by atoms with Crippen LogP contribution in [0.1, 0.15) is 23.5 Å². The summed E-state index contributed by atoms with van der Waals surface area (Å²) < 4.78 is 27.9. The molecule has 0 amide bonds. The van der Waals surface area contributed by atoms with Crippen LogP contribution in [-0.4, -0.2) is 41.9 Å². The molecule has 0 spiro atoms. The number of aliphatic carboxylic acids is 1. The van der Waals surface area contributed by atoms with E-state index in [9.17, 15) is 13.2 Å². The van der Waals surface area contributed by atoms with Gasteiger partial charge in [-0.3, -0.25) is 4.79 Å². The number of nitrogens with zero attached hydrogens (tertiary/aromatic N) is 2. The first-order valence-electron chi connectivity index (χ1n) is 6.27. The third-order valence-corrected chi connectivity index (χ3v) is 5.63. The molecule has 112 valence electrons. The Labute approximate surface area is 121 Å². The number of hydrogen-bond acceptors (Lipinski definition) is 5. The van der Waals surface area contributed by atoms with Crippen molar-refractivity contribution in [2.24, 2.45) is 5.92 Å². The van der Waals surface area contributed by atoms with E-state index < -0.39 is 22.1 Å². The van der Waals surface area contributed by atoms with Crippen molar-refractivity contribution in [3.8, 4) is 0 Å². The van der Waals surface area contributed by atoms with Gasteiger partial charge in [0.25, 0.3) is 10.2 Å². The molecule has 2 rings (SSSR count). The molecule has 1 unspecified atom stereocenters. The first-order valence-corrected chi connectivity index (χ1v) is 8.59. The van der Waals surface area contributed by atoms with E-state index in [1.807, 2.05) is 12.3 Å². The van der Waals surface area contributed by atoms with Gasteiger partial charge in [0.05, 0.1) is 12.5 Å². The lowest BCUT2D eigenvalue weighted by atomic mass is 10.0. The number of thiazole rings is 1. The fraction of sp³-hybridized carbons (Fsp3) is 0.636. The van der Waals surface area contributed by atoms with Gasteiger partial charge in [-0.1, -0.05) is 0 Å². The van der Waals surface area contributed by atoms with E-state index in [1.54, 1.807) is 0 Å². The van der Waals surface area contributed by atoms with Crippen LogP contribution in [0.2, 0.25) is 0 Å². The van der Waals surface area contributed by atoms with Crippen molar-refractivity contribution in [2.45, 2.75) is 26.3 Å². The van der Waals surface area contributed by atoms with Crippen LogP contribution in [0.3, 0.4) is 0 Å². The first-order chi connectivity index (χ1) is 9.38. The largest absolute Gasteiger partial charge is 0.481 e. The van der Waals surface area contributed by atoms with Crippen molar-refractivity contribution in [2.75, 3.05) is 13.1 Å². The quantitative estimate of drug-likeness (QED) is 0.827. The van der Waals surface area contributed by atoms with Gasteiger partial charge in [0, 0.05) is 24.2 Å². The SMILES string of the molecule is Cc1csc(CNS(=O)(=O)N2CCCC(C(=O)O)C2)n1. The second kappa shape index (κ2) is 6.17. The van der Waals surface area contributed by atoms with Crippen LogP contribution in [0, 0.1) is 12.8 Å². The number of hydrogen-bond donors (Lipinski definition) is 2. The van der Waals surface area contributed by atoms with E-state index in [4.69, 9.17) is 5.11 Å². The zero-order valence-electron chi connectivity index (χ0n) is 11.1. The molecule has 0 bridgehead atoms. The van der Waals surface area contributed by atoms with E-state index in [-0.39, 0.29) is 13.1 Å². The van der Waals surface area contributed by atoms with E-state index in [1.165, 1.54) is 15.6 Å². The van der Waals surface area contributed by atoms with E-state index in [0.717, 1.165) is 5.69 Å². The molecule has 1 aromatic rings. The van der Waals surface area contributed by atoms with E-state index >= 15 is 0 Å². The van der Waals surface area contributed by atoms with Gasteiger partial charge < -0.3 is 5.11 Å². The predicted molar refractivity (Wildman–Crippen MR) is 74.5 cm³/mol. The molecule has 7 nitrogen and oxygen atoms in total. The molecule has 1 aromatic heterocycles. The first kappa shape index (κ1) is 15.4. The summed E-state index contributed by atoms with van der Waals surface area (Å²) in [5.41, 5.74) is 0.855. The van der Waals surface area contributed by atoms with Crippen LogP contribution in [-0.2, 0) is 21.5 Å². The molecule has 0 saturated carbocycles. The molecule has 0 radical (unpaired) electrons. The minimum absolute atomic E-state index is 0.0293. The number of aryl methyl sites for hydroxylation is 1. The molecule has 9 heteroatoms. The van der Waals surface area contributed by atoms with Crippen LogP contribution >= 0.6 is 11.3 Å². The van der Waals surface area contributed by atoms with Gasteiger partial charge in [0.2, 0.25) is 0 Å². The average molecular weight is 319 g/mol. The van der Waals surface area contributed by atoms with Gasteiger partial charge in [0.1, 0.15) is 5.01 Å². The van der Waals surface area contributed by atoms with E-state index in [0.29, 0.717) is 24.4 Å². The molecule has 1 fully saturated rings. The molecule has 2 heterocycles. The van der Waals surface area contributed by atoms with Crippen LogP contribution in [0.15, 0.2) is 5.38 Å². The van der Waals surface area contributed by atoms with Gasteiger partial charge in [-0.25, -0.2) is 4.98 Å². The Morgan fingerprint density at radius 3 is 3.00 bits per heavy atom. The monoisotopic (exact) mass is 319 g/mol. The van der Waals surface area contributed by atoms with Gasteiger partial charge in [-0.2, -0.15) is 17.4 Å². The second-order valence-electron chi connectivity index (χ2n) is 4.74. The molecule has 1 aliphatic rings. The van der Waals surface area contributed by atoms with Crippen LogP contribution < -0.4 is 4.72 Å². The van der Waals surface area contributed by atoms with Crippen LogP contribution in [0.25, 0.3) is 0 Å². The lowest BCUT2D eigenvalue weighted by Crippen LogP contribution is -2.47. The van der Waals surface area contributed by atoms with Crippen molar-refractivity contribution in [3.63, 3.8) is 0 Å². The van der Waals surface area contributed by atoms with Crippen molar-refractivity contribution in [3.05, 3.63) is 16.1 Å². The summed E-state index contributed by atoms with van der Waals surface area (Å²) in [4.78, 5) is 15.1. The molecule has 20 heavy (non-hydrogen) atoms. The maximum Gasteiger partial charge on any atom is 0.307 e. The fourth-order valence-corrected chi connectivity index (χ4v) is 4.14. The van der Waals surface area contributed by atoms with Gasteiger partial charge >= 0.3 is 5.97 Å². The number of aromatic nitrogens is 1. The number of carboxylic acid groups (broad SMARTS) is 1. The Bertz CT molecular complexity index is 584. The predicted octanol–water partition coefficient (Wildman–Crippen LogP) is 0.583. The Morgan fingerprint density at radius 2 is 2.40 bits per heavy atom. The summed E-state index contributed by atoms with van der Waals surface area (Å²) >= 11 is 1.39. The molecule has 1 saturated heterocycles. The number of piperidine rings is 1. The molecule has 0 aliphatic carbocycles. The van der Waals surface area contributed by atoms with Crippen LogP contribution in [0.4, 0.5) is 0 Å². The normalized spacial score (nSPS) is 20.9. The summed E-state index contributed by atoms with van der Waals surface area (Å²) in [5.74, 6) is -1.57. The lowest BCUT2D eigenvalue weighted by molar-refractivity contribution is -0.142. The molecular weight excluding hydrogens is 302 g/mol. The Hall–Kier alpha value is -1.03. The zero-order valence-corrected chi connectivity index (χ0v) is 12.7. The summed E-state index contributed by atoms with van der Waals surface area (Å²) in [6.07, 6.45) is 1.08. The second-order valence-corrected chi connectivity index (χ2v) is 7.44. The zero-order chi connectivity index (χ0) is 14.8. The van der Waals surface area contributed by atoms with Gasteiger partial charge in [-0.05, 0) is 19.8 Å². The number of carboxylic acids is 1. The fourth-order valence-electron chi connectivity index (χ4n) is 2.09. The summed E-state index contributed by atoms with van der Waals surface area (Å²) in [6, 6.07) is 0. The maximum atomic E-state index is 12.1. The summed E-state index contributed by atoms with van der Waals surface area (Å²) in [5, 5.41) is 11.5. The highest BCUT2D eigenvalue weighted by Crippen LogP contribution is 2.19. The van der Waals surface area contributed by atoms with Crippen molar-refractivity contribution >= 4 is 27.5 Å².